The van der Waals surface area contributed by atoms with Gasteiger partial charge in [0.25, 0.3) is 0 Å². The first kappa shape index (κ1) is 15.5. The van der Waals surface area contributed by atoms with Crippen molar-refractivity contribution in [3.8, 4) is 0 Å². The summed E-state index contributed by atoms with van der Waals surface area (Å²) in [6, 6.07) is 8.15. The number of carboxylic acid groups (broad SMARTS) is 1. The zero-order chi connectivity index (χ0) is 15.5. The monoisotopic (exact) mass is 289 g/mol. The number of rotatable bonds is 5. The van der Waals surface area contributed by atoms with E-state index in [2.05, 4.69) is 17.4 Å². The molecule has 4 heteroatoms. The van der Waals surface area contributed by atoms with Gasteiger partial charge >= 0.3 is 5.97 Å². The minimum atomic E-state index is -1.16. The van der Waals surface area contributed by atoms with Crippen LogP contribution in [0.25, 0.3) is 0 Å². The highest BCUT2D eigenvalue weighted by Crippen LogP contribution is 2.26. The van der Waals surface area contributed by atoms with E-state index in [4.69, 9.17) is 0 Å². The van der Waals surface area contributed by atoms with Gasteiger partial charge in [0, 0.05) is 5.92 Å². The van der Waals surface area contributed by atoms with Crippen LogP contribution in [0.4, 0.5) is 0 Å². The number of fused-ring (bicyclic) bond motifs is 1. The molecule has 0 fully saturated rings. The van der Waals surface area contributed by atoms with E-state index in [0.717, 1.165) is 19.3 Å². The SMILES string of the molecule is CCCC(C)(NC(=O)C1CCc2ccccc2C1)C(=O)O. The fourth-order valence-electron chi connectivity index (χ4n) is 3.02. The second-order valence-electron chi connectivity index (χ2n) is 6.08. The Kier molecular flexibility index (Phi) is 4.66. The molecule has 0 heterocycles. The van der Waals surface area contributed by atoms with E-state index >= 15 is 0 Å². The van der Waals surface area contributed by atoms with Crippen molar-refractivity contribution < 1.29 is 14.7 Å². The van der Waals surface area contributed by atoms with Crippen LogP contribution in [0.15, 0.2) is 24.3 Å². The molecule has 2 rings (SSSR count). The Morgan fingerprint density at radius 3 is 2.62 bits per heavy atom. The number of amides is 1. The number of hydrogen-bond acceptors (Lipinski definition) is 2. The van der Waals surface area contributed by atoms with Gasteiger partial charge in [0.2, 0.25) is 5.91 Å². The summed E-state index contributed by atoms with van der Waals surface area (Å²) in [5.74, 6) is -1.23. The molecular formula is C17H23NO3. The molecule has 0 saturated heterocycles. The number of carbonyl (C=O) groups is 2. The highest BCUT2D eigenvalue weighted by molar-refractivity contribution is 5.88. The predicted molar refractivity (Wildman–Crippen MR) is 81.0 cm³/mol. The van der Waals surface area contributed by atoms with Gasteiger partial charge < -0.3 is 10.4 Å². The van der Waals surface area contributed by atoms with Crippen molar-refractivity contribution in [3.05, 3.63) is 35.4 Å². The molecule has 0 saturated carbocycles. The third kappa shape index (κ3) is 3.43. The molecular weight excluding hydrogens is 266 g/mol. The van der Waals surface area contributed by atoms with Crippen molar-refractivity contribution in [1.82, 2.24) is 5.32 Å². The van der Waals surface area contributed by atoms with Crippen LogP contribution in [0, 0.1) is 5.92 Å². The fraction of sp³-hybridized carbons (Fsp3) is 0.529. The van der Waals surface area contributed by atoms with Crippen molar-refractivity contribution >= 4 is 11.9 Å². The molecule has 1 aromatic carbocycles. The van der Waals surface area contributed by atoms with Crippen molar-refractivity contribution in [2.75, 3.05) is 0 Å². The van der Waals surface area contributed by atoms with Crippen LogP contribution in [0.5, 0.6) is 0 Å². The number of aliphatic carboxylic acids is 1. The maximum absolute atomic E-state index is 12.4. The molecule has 1 aliphatic rings. The van der Waals surface area contributed by atoms with Gasteiger partial charge in [0.1, 0.15) is 5.54 Å². The normalized spacial score (nSPS) is 20.2. The molecule has 21 heavy (non-hydrogen) atoms. The summed E-state index contributed by atoms with van der Waals surface area (Å²) >= 11 is 0. The standard InChI is InChI=1S/C17H23NO3/c1-3-10-17(2,16(20)21)18-15(19)14-9-8-12-6-4-5-7-13(12)11-14/h4-7,14H,3,8-11H2,1-2H3,(H,18,19)(H,20,21). The number of aryl methyl sites for hydroxylation is 1. The number of nitrogens with one attached hydrogen (secondary N) is 1. The van der Waals surface area contributed by atoms with Crippen LogP contribution in [0.3, 0.4) is 0 Å². The van der Waals surface area contributed by atoms with Gasteiger partial charge in [0.15, 0.2) is 0 Å². The lowest BCUT2D eigenvalue weighted by molar-refractivity contribution is -0.148. The number of carboxylic acids is 1. The zero-order valence-corrected chi connectivity index (χ0v) is 12.7. The molecule has 0 aliphatic heterocycles. The minimum Gasteiger partial charge on any atom is -0.480 e. The van der Waals surface area contributed by atoms with E-state index in [-0.39, 0.29) is 11.8 Å². The van der Waals surface area contributed by atoms with Gasteiger partial charge in [-0.05, 0) is 43.7 Å². The average molecular weight is 289 g/mol. The summed E-state index contributed by atoms with van der Waals surface area (Å²) in [4.78, 5) is 23.8. The number of carbonyl (C=O) groups excluding carboxylic acids is 1. The van der Waals surface area contributed by atoms with Gasteiger partial charge in [0.05, 0.1) is 0 Å². The Labute approximate surface area is 125 Å². The van der Waals surface area contributed by atoms with Crippen molar-refractivity contribution in [2.24, 2.45) is 5.92 Å². The first-order valence-corrected chi connectivity index (χ1v) is 7.58. The molecule has 0 radical (unpaired) electrons. The summed E-state index contributed by atoms with van der Waals surface area (Å²) in [5, 5.41) is 12.1. The molecule has 1 aliphatic carbocycles. The summed E-state index contributed by atoms with van der Waals surface area (Å²) < 4.78 is 0. The topological polar surface area (TPSA) is 66.4 Å². The molecule has 1 aromatic rings. The lowest BCUT2D eigenvalue weighted by Gasteiger charge is -2.30. The van der Waals surface area contributed by atoms with Gasteiger partial charge in [-0.25, -0.2) is 4.79 Å². The van der Waals surface area contributed by atoms with Crippen LogP contribution in [-0.4, -0.2) is 22.5 Å². The third-order valence-electron chi connectivity index (χ3n) is 4.34. The maximum Gasteiger partial charge on any atom is 0.329 e. The molecule has 0 spiro atoms. The Bertz CT molecular complexity index is 541. The lowest BCUT2D eigenvalue weighted by Crippen LogP contribution is -2.54. The van der Waals surface area contributed by atoms with Gasteiger partial charge in [-0.15, -0.1) is 0 Å². The molecule has 0 aromatic heterocycles. The van der Waals surface area contributed by atoms with Crippen LogP contribution >= 0.6 is 0 Å². The summed E-state index contributed by atoms with van der Waals surface area (Å²) in [6.45, 7) is 3.51. The molecule has 0 bridgehead atoms. The highest BCUT2D eigenvalue weighted by atomic mass is 16.4. The number of benzene rings is 1. The van der Waals surface area contributed by atoms with E-state index in [0.29, 0.717) is 12.8 Å². The van der Waals surface area contributed by atoms with Crippen LogP contribution in [0.2, 0.25) is 0 Å². The second-order valence-corrected chi connectivity index (χ2v) is 6.08. The Morgan fingerprint density at radius 1 is 1.33 bits per heavy atom. The van der Waals surface area contributed by atoms with E-state index in [1.807, 2.05) is 19.1 Å². The predicted octanol–water partition coefficient (Wildman–Crippen LogP) is 2.55. The smallest absolute Gasteiger partial charge is 0.329 e. The third-order valence-corrected chi connectivity index (χ3v) is 4.34. The second kappa shape index (κ2) is 6.29. The van der Waals surface area contributed by atoms with Crippen molar-refractivity contribution in [1.29, 1.82) is 0 Å². The van der Waals surface area contributed by atoms with Crippen LogP contribution in [0.1, 0.15) is 44.2 Å². The average Bonchev–Trinajstić information content (AvgIpc) is 2.46. The zero-order valence-electron chi connectivity index (χ0n) is 12.7. The molecule has 114 valence electrons. The van der Waals surface area contributed by atoms with Gasteiger partial charge in [-0.3, -0.25) is 4.79 Å². The quantitative estimate of drug-likeness (QED) is 0.875. The van der Waals surface area contributed by atoms with Crippen molar-refractivity contribution in [2.45, 2.75) is 51.5 Å². The van der Waals surface area contributed by atoms with Crippen molar-refractivity contribution in [3.63, 3.8) is 0 Å². The first-order chi connectivity index (χ1) is 9.96. The van der Waals surface area contributed by atoms with Gasteiger partial charge in [-0.2, -0.15) is 0 Å². The van der Waals surface area contributed by atoms with Crippen LogP contribution in [-0.2, 0) is 22.4 Å². The van der Waals surface area contributed by atoms with Gasteiger partial charge in [-0.1, -0.05) is 37.6 Å². The highest BCUT2D eigenvalue weighted by Gasteiger charge is 2.36. The molecule has 2 N–H and O–H groups in total. The summed E-state index contributed by atoms with van der Waals surface area (Å²) in [6.07, 6.45) is 3.52. The molecule has 4 nitrogen and oxygen atoms in total. The summed E-state index contributed by atoms with van der Waals surface area (Å²) in [5.41, 5.74) is 1.34. The van der Waals surface area contributed by atoms with E-state index < -0.39 is 11.5 Å². The van der Waals surface area contributed by atoms with E-state index in [1.54, 1.807) is 6.92 Å². The van der Waals surface area contributed by atoms with E-state index in [1.165, 1.54) is 11.1 Å². The van der Waals surface area contributed by atoms with E-state index in [9.17, 15) is 14.7 Å². The Balaban J connectivity index is 2.06. The fourth-order valence-corrected chi connectivity index (χ4v) is 3.02. The Morgan fingerprint density at radius 2 is 2.00 bits per heavy atom. The number of hydrogen-bond donors (Lipinski definition) is 2. The maximum atomic E-state index is 12.4. The summed E-state index contributed by atoms with van der Waals surface area (Å²) in [7, 11) is 0. The Hall–Kier alpha value is -1.84. The first-order valence-electron chi connectivity index (χ1n) is 7.58. The lowest BCUT2D eigenvalue weighted by atomic mass is 9.82. The van der Waals surface area contributed by atoms with Crippen LogP contribution < -0.4 is 5.32 Å². The molecule has 1 amide bonds. The minimum absolute atomic E-state index is 0.129. The molecule has 2 unspecified atom stereocenters. The molecule has 2 atom stereocenters. The largest absolute Gasteiger partial charge is 0.480 e.